The van der Waals surface area contributed by atoms with Gasteiger partial charge in [-0.2, -0.15) is 0 Å². The normalized spacial score (nSPS) is 27.1. The summed E-state index contributed by atoms with van der Waals surface area (Å²) in [5, 5.41) is 3.35. The number of nitrogens with one attached hydrogen (secondary N) is 1. The molecule has 1 saturated carbocycles. The monoisotopic (exact) mass is 238 g/mol. The molecule has 0 bridgehead atoms. The molecule has 1 heterocycles. The van der Waals surface area contributed by atoms with Crippen molar-refractivity contribution in [2.24, 2.45) is 11.8 Å². The minimum Gasteiger partial charge on any atom is -0.328 e. The first-order chi connectivity index (χ1) is 8.16. The highest BCUT2D eigenvalue weighted by molar-refractivity contribution is 5.83. The molecule has 1 unspecified atom stereocenters. The average molecular weight is 238 g/mol. The number of hydrogen-bond acceptors (Lipinski definition) is 2. The topological polar surface area (TPSA) is 32.3 Å². The number of carbonyl (C=O) groups excluding carboxylic acids is 1. The van der Waals surface area contributed by atoms with Gasteiger partial charge in [0.1, 0.15) is 0 Å². The predicted molar refractivity (Wildman–Crippen MR) is 69.5 cm³/mol. The van der Waals surface area contributed by atoms with Gasteiger partial charge in [-0.1, -0.05) is 33.1 Å². The number of amides is 1. The Morgan fingerprint density at radius 1 is 1.29 bits per heavy atom. The van der Waals surface area contributed by atoms with Crippen LogP contribution in [0.4, 0.5) is 0 Å². The van der Waals surface area contributed by atoms with Crippen LogP contribution in [0, 0.1) is 11.8 Å². The molecule has 1 amide bonds. The fraction of sp³-hybridized carbons (Fsp3) is 0.929. The van der Waals surface area contributed by atoms with Crippen molar-refractivity contribution < 1.29 is 4.79 Å². The van der Waals surface area contributed by atoms with E-state index in [4.69, 9.17) is 0 Å². The van der Waals surface area contributed by atoms with Crippen molar-refractivity contribution in [3.63, 3.8) is 0 Å². The van der Waals surface area contributed by atoms with E-state index < -0.39 is 0 Å². The Morgan fingerprint density at radius 3 is 2.65 bits per heavy atom. The van der Waals surface area contributed by atoms with Crippen LogP contribution in [0.1, 0.15) is 52.4 Å². The quantitative estimate of drug-likeness (QED) is 0.815. The lowest BCUT2D eigenvalue weighted by Crippen LogP contribution is -2.35. The maximum atomic E-state index is 12.2. The van der Waals surface area contributed by atoms with Gasteiger partial charge < -0.3 is 4.90 Å². The van der Waals surface area contributed by atoms with E-state index in [1.165, 1.54) is 32.1 Å². The van der Waals surface area contributed by atoms with E-state index in [1.807, 2.05) is 4.90 Å². The lowest BCUT2D eigenvalue weighted by molar-refractivity contribution is -0.129. The lowest BCUT2D eigenvalue weighted by Gasteiger charge is -2.26. The van der Waals surface area contributed by atoms with Crippen molar-refractivity contribution >= 4 is 5.91 Å². The molecule has 3 nitrogen and oxygen atoms in total. The van der Waals surface area contributed by atoms with Crippen LogP contribution in [0.25, 0.3) is 0 Å². The third-order valence-corrected chi connectivity index (χ3v) is 4.05. The maximum Gasteiger partial charge on any atom is 0.240 e. The van der Waals surface area contributed by atoms with Crippen molar-refractivity contribution in [1.29, 1.82) is 0 Å². The van der Waals surface area contributed by atoms with E-state index in [9.17, 15) is 4.79 Å². The molecule has 1 aliphatic carbocycles. The van der Waals surface area contributed by atoms with Gasteiger partial charge in [0.25, 0.3) is 0 Å². The van der Waals surface area contributed by atoms with Crippen LogP contribution < -0.4 is 5.32 Å². The molecule has 0 radical (unpaired) electrons. The number of hydrogen-bond donors (Lipinski definition) is 1. The molecule has 3 heteroatoms. The number of rotatable bonds is 4. The molecule has 0 aromatic heterocycles. The summed E-state index contributed by atoms with van der Waals surface area (Å²) >= 11 is 0. The van der Waals surface area contributed by atoms with Crippen molar-refractivity contribution in [2.45, 2.75) is 58.4 Å². The zero-order chi connectivity index (χ0) is 12.3. The third-order valence-electron chi connectivity index (χ3n) is 4.05. The van der Waals surface area contributed by atoms with Crippen LogP contribution in [0.5, 0.6) is 0 Å². The van der Waals surface area contributed by atoms with E-state index in [-0.39, 0.29) is 6.04 Å². The second-order valence-electron chi connectivity index (χ2n) is 6.11. The molecule has 1 aliphatic heterocycles. The zero-order valence-corrected chi connectivity index (χ0v) is 11.2. The van der Waals surface area contributed by atoms with Crippen molar-refractivity contribution in [1.82, 2.24) is 10.2 Å². The molecule has 17 heavy (non-hydrogen) atoms. The number of carbonyl (C=O) groups is 1. The van der Waals surface area contributed by atoms with Crippen LogP contribution in [0.3, 0.4) is 0 Å². The first-order valence-electron chi connectivity index (χ1n) is 7.19. The van der Waals surface area contributed by atoms with E-state index in [0.717, 1.165) is 25.6 Å². The Bertz CT molecular complexity index is 259. The van der Waals surface area contributed by atoms with Crippen molar-refractivity contribution in [3.8, 4) is 0 Å². The average Bonchev–Trinajstić information content (AvgIpc) is 2.62. The van der Waals surface area contributed by atoms with Gasteiger partial charge in [-0.15, -0.1) is 0 Å². The summed E-state index contributed by atoms with van der Waals surface area (Å²) in [5.74, 6) is 1.68. The largest absolute Gasteiger partial charge is 0.328 e. The summed E-state index contributed by atoms with van der Waals surface area (Å²) in [4.78, 5) is 14.2. The SMILES string of the molecule is CC(C)CC1NCN(CC2CCCCC2)C1=O. The molecular weight excluding hydrogens is 212 g/mol. The van der Waals surface area contributed by atoms with Gasteiger partial charge in [0.2, 0.25) is 5.91 Å². The molecule has 2 aliphatic rings. The molecular formula is C14H26N2O. The van der Waals surface area contributed by atoms with Crippen molar-refractivity contribution in [3.05, 3.63) is 0 Å². The van der Waals surface area contributed by atoms with Crippen LogP contribution in [0.2, 0.25) is 0 Å². The van der Waals surface area contributed by atoms with E-state index in [1.54, 1.807) is 0 Å². The number of nitrogens with zero attached hydrogens (tertiary/aromatic N) is 1. The van der Waals surface area contributed by atoms with Crippen LogP contribution in [-0.4, -0.2) is 30.1 Å². The molecule has 0 spiro atoms. The summed E-state index contributed by atoms with van der Waals surface area (Å²) in [5.41, 5.74) is 0. The van der Waals surface area contributed by atoms with Crippen LogP contribution in [-0.2, 0) is 4.79 Å². The first kappa shape index (κ1) is 12.9. The van der Waals surface area contributed by atoms with Crippen LogP contribution >= 0.6 is 0 Å². The van der Waals surface area contributed by atoms with Gasteiger partial charge >= 0.3 is 0 Å². The minimum absolute atomic E-state index is 0.0820. The van der Waals surface area contributed by atoms with Gasteiger partial charge in [-0.3, -0.25) is 10.1 Å². The molecule has 0 aromatic rings. The van der Waals surface area contributed by atoms with Gasteiger partial charge in [-0.25, -0.2) is 0 Å². The van der Waals surface area contributed by atoms with Gasteiger partial charge in [0, 0.05) is 6.54 Å². The first-order valence-corrected chi connectivity index (χ1v) is 7.19. The Balaban J connectivity index is 1.80. The Hall–Kier alpha value is -0.570. The molecule has 98 valence electrons. The second kappa shape index (κ2) is 5.85. The highest BCUT2D eigenvalue weighted by atomic mass is 16.2. The smallest absolute Gasteiger partial charge is 0.240 e. The van der Waals surface area contributed by atoms with Gasteiger partial charge in [-0.05, 0) is 31.1 Å². The minimum atomic E-state index is 0.0820. The fourth-order valence-electron chi connectivity index (χ4n) is 3.10. The van der Waals surface area contributed by atoms with Crippen LogP contribution in [0.15, 0.2) is 0 Å². The summed E-state index contributed by atoms with van der Waals surface area (Å²) < 4.78 is 0. The molecule has 1 atom stereocenters. The Labute approximate surface area is 105 Å². The summed E-state index contributed by atoms with van der Waals surface area (Å²) in [6, 6.07) is 0.0820. The fourth-order valence-corrected chi connectivity index (χ4v) is 3.10. The zero-order valence-electron chi connectivity index (χ0n) is 11.2. The molecule has 1 N–H and O–H groups in total. The molecule has 0 aromatic carbocycles. The lowest BCUT2D eigenvalue weighted by atomic mass is 9.89. The summed E-state index contributed by atoms with van der Waals surface area (Å²) in [6.07, 6.45) is 7.71. The predicted octanol–water partition coefficient (Wildman–Crippen LogP) is 2.37. The molecule has 1 saturated heterocycles. The second-order valence-corrected chi connectivity index (χ2v) is 6.11. The highest BCUT2D eigenvalue weighted by Gasteiger charge is 2.32. The Morgan fingerprint density at radius 2 is 2.00 bits per heavy atom. The standard InChI is InChI=1S/C14H26N2O/c1-11(2)8-13-14(17)16(10-15-13)9-12-6-4-3-5-7-12/h11-13,15H,3-10H2,1-2H3. The van der Waals surface area contributed by atoms with Gasteiger partial charge in [0.15, 0.2) is 0 Å². The Kier molecular flexibility index (Phi) is 4.43. The van der Waals surface area contributed by atoms with E-state index >= 15 is 0 Å². The summed E-state index contributed by atoms with van der Waals surface area (Å²) in [7, 11) is 0. The van der Waals surface area contributed by atoms with Gasteiger partial charge in [0.05, 0.1) is 12.7 Å². The highest BCUT2D eigenvalue weighted by Crippen LogP contribution is 2.25. The van der Waals surface area contributed by atoms with E-state index in [0.29, 0.717) is 11.8 Å². The molecule has 2 fully saturated rings. The summed E-state index contributed by atoms with van der Waals surface area (Å²) in [6.45, 7) is 6.12. The van der Waals surface area contributed by atoms with Crippen molar-refractivity contribution in [2.75, 3.05) is 13.2 Å². The molecule has 2 rings (SSSR count). The van der Waals surface area contributed by atoms with E-state index in [2.05, 4.69) is 19.2 Å². The third kappa shape index (κ3) is 3.44. The maximum absolute atomic E-state index is 12.2.